The maximum absolute atomic E-state index is 12.7. The Labute approximate surface area is 151 Å². The van der Waals surface area contributed by atoms with Gasteiger partial charge in [-0.2, -0.15) is 13.2 Å². The standard InChI is InChI=1S/C18H14F3N3O3/c19-18(20,21)13-6-7-14(15(11-13)24(25)26)22-9-10-27-16-5-1-3-12-4-2-8-23-17(12)16/h1-8,11,22H,9-10H2. The van der Waals surface area contributed by atoms with Gasteiger partial charge in [0.1, 0.15) is 23.6 Å². The predicted molar refractivity (Wildman–Crippen MR) is 93.8 cm³/mol. The first-order valence-electron chi connectivity index (χ1n) is 7.92. The Bertz CT molecular complexity index is 971. The van der Waals surface area contributed by atoms with Gasteiger partial charge in [0, 0.05) is 24.2 Å². The van der Waals surface area contributed by atoms with Crippen LogP contribution in [0.2, 0.25) is 0 Å². The number of aromatic nitrogens is 1. The molecule has 9 heteroatoms. The molecule has 2 aromatic carbocycles. The molecule has 3 rings (SSSR count). The summed E-state index contributed by atoms with van der Waals surface area (Å²) in [6.07, 6.45) is -3.01. The van der Waals surface area contributed by atoms with Gasteiger partial charge in [-0.25, -0.2) is 0 Å². The molecule has 0 saturated heterocycles. The molecule has 0 fully saturated rings. The highest BCUT2D eigenvalue weighted by Crippen LogP contribution is 2.34. The number of fused-ring (bicyclic) bond motifs is 1. The van der Waals surface area contributed by atoms with Crippen LogP contribution < -0.4 is 10.1 Å². The molecule has 1 heterocycles. The molecule has 0 aliphatic carbocycles. The third-order valence-electron chi connectivity index (χ3n) is 3.79. The lowest BCUT2D eigenvalue weighted by Crippen LogP contribution is -2.13. The lowest BCUT2D eigenvalue weighted by atomic mass is 10.1. The number of nitro benzene ring substituents is 1. The molecule has 3 aromatic rings. The monoisotopic (exact) mass is 377 g/mol. The average molecular weight is 377 g/mol. The van der Waals surface area contributed by atoms with Crippen LogP contribution in [0.3, 0.4) is 0 Å². The molecule has 1 aromatic heterocycles. The molecular formula is C18H14F3N3O3. The molecule has 140 valence electrons. The number of nitrogens with zero attached hydrogens (tertiary/aromatic N) is 2. The van der Waals surface area contributed by atoms with E-state index in [1.165, 1.54) is 0 Å². The number of hydrogen-bond donors (Lipinski definition) is 1. The zero-order valence-corrected chi connectivity index (χ0v) is 13.9. The van der Waals surface area contributed by atoms with E-state index in [1.54, 1.807) is 18.3 Å². The van der Waals surface area contributed by atoms with Crippen molar-refractivity contribution in [2.45, 2.75) is 6.18 Å². The number of halogens is 3. The van der Waals surface area contributed by atoms with E-state index in [-0.39, 0.29) is 18.8 Å². The summed E-state index contributed by atoms with van der Waals surface area (Å²) in [4.78, 5) is 14.5. The largest absolute Gasteiger partial charge is 0.489 e. The van der Waals surface area contributed by atoms with Crippen LogP contribution in [0.25, 0.3) is 10.9 Å². The molecule has 0 spiro atoms. The van der Waals surface area contributed by atoms with Crippen LogP contribution in [0.1, 0.15) is 5.56 Å². The Morgan fingerprint density at radius 3 is 2.67 bits per heavy atom. The molecule has 0 aliphatic rings. The lowest BCUT2D eigenvalue weighted by molar-refractivity contribution is -0.384. The third kappa shape index (κ3) is 4.25. The van der Waals surface area contributed by atoms with Crippen molar-refractivity contribution in [1.82, 2.24) is 4.98 Å². The number of ether oxygens (including phenoxy) is 1. The molecule has 6 nitrogen and oxygen atoms in total. The highest BCUT2D eigenvalue weighted by molar-refractivity contribution is 5.84. The quantitative estimate of drug-likeness (QED) is 0.384. The second kappa shape index (κ2) is 7.48. The number of nitrogens with one attached hydrogen (secondary N) is 1. The van der Waals surface area contributed by atoms with E-state index < -0.39 is 22.4 Å². The molecule has 0 radical (unpaired) electrons. The zero-order chi connectivity index (χ0) is 19.4. The SMILES string of the molecule is O=[N+]([O-])c1cc(C(F)(F)F)ccc1NCCOc1cccc2cccnc12. The Morgan fingerprint density at radius 1 is 1.15 bits per heavy atom. The Balaban J connectivity index is 1.67. The highest BCUT2D eigenvalue weighted by Gasteiger charge is 2.32. The molecular weight excluding hydrogens is 363 g/mol. The Hall–Kier alpha value is -3.36. The molecule has 27 heavy (non-hydrogen) atoms. The lowest BCUT2D eigenvalue weighted by Gasteiger charge is -2.12. The summed E-state index contributed by atoms with van der Waals surface area (Å²) in [7, 11) is 0. The van der Waals surface area contributed by atoms with E-state index in [0.29, 0.717) is 17.3 Å². The van der Waals surface area contributed by atoms with Crippen molar-refractivity contribution in [2.75, 3.05) is 18.5 Å². The highest BCUT2D eigenvalue weighted by atomic mass is 19.4. The van der Waals surface area contributed by atoms with E-state index in [2.05, 4.69) is 10.3 Å². The number of benzene rings is 2. The van der Waals surface area contributed by atoms with Crippen molar-refractivity contribution < 1.29 is 22.8 Å². The van der Waals surface area contributed by atoms with E-state index >= 15 is 0 Å². The van der Waals surface area contributed by atoms with Crippen LogP contribution in [0.15, 0.2) is 54.7 Å². The van der Waals surface area contributed by atoms with Crippen molar-refractivity contribution in [3.63, 3.8) is 0 Å². The topological polar surface area (TPSA) is 77.3 Å². The Kier molecular flexibility index (Phi) is 5.11. The van der Waals surface area contributed by atoms with Crippen molar-refractivity contribution >= 4 is 22.3 Å². The summed E-state index contributed by atoms with van der Waals surface area (Å²) in [5, 5.41) is 14.7. The fraction of sp³-hybridized carbons (Fsp3) is 0.167. The molecule has 0 atom stereocenters. The summed E-state index contributed by atoms with van der Waals surface area (Å²) < 4.78 is 43.8. The maximum Gasteiger partial charge on any atom is 0.416 e. The first-order chi connectivity index (χ1) is 12.9. The molecule has 0 unspecified atom stereocenters. The maximum atomic E-state index is 12.7. The molecule has 1 N–H and O–H groups in total. The average Bonchev–Trinajstić information content (AvgIpc) is 2.64. The first kappa shape index (κ1) is 18.4. The smallest absolute Gasteiger partial charge is 0.416 e. The van der Waals surface area contributed by atoms with Crippen LogP contribution >= 0.6 is 0 Å². The first-order valence-corrected chi connectivity index (χ1v) is 7.92. The molecule has 0 saturated carbocycles. The predicted octanol–water partition coefficient (Wildman–Crippen LogP) is 4.65. The van der Waals surface area contributed by atoms with Gasteiger partial charge >= 0.3 is 6.18 Å². The van der Waals surface area contributed by atoms with Crippen LogP contribution in [0.5, 0.6) is 5.75 Å². The zero-order valence-electron chi connectivity index (χ0n) is 13.9. The summed E-state index contributed by atoms with van der Waals surface area (Å²) >= 11 is 0. The van der Waals surface area contributed by atoms with Crippen LogP contribution in [-0.2, 0) is 6.18 Å². The molecule has 0 aliphatic heterocycles. The minimum absolute atomic E-state index is 0.00681. The summed E-state index contributed by atoms with van der Waals surface area (Å²) in [5.74, 6) is 0.553. The summed E-state index contributed by atoms with van der Waals surface area (Å²) in [5.41, 5.74) is -1.04. The van der Waals surface area contributed by atoms with E-state index in [1.807, 2.05) is 18.2 Å². The molecule has 0 amide bonds. The van der Waals surface area contributed by atoms with Gasteiger partial charge in [-0.3, -0.25) is 15.1 Å². The van der Waals surface area contributed by atoms with Gasteiger partial charge < -0.3 is 10.1 Å². The minimum atomic E-state index is -4.65. The van der Waals surface area contributed by atoms with E-state index in [9.17, 15) is 23.3 Å². The van der Waals surface area contributed by atoms with Gasteiger partial charge in [-0.1, -0.05) is 18.2 Å². The van der Waals surface area contributed by atoms with Gasteiger partial charge in [-0.05, 0) is 24.3 Å². The second-order valence-electron chi connectivity index (χ2n) is 5.59. The summed E-state index contributed by atoms with van der Waals surface area (Å²) in [6, 6.07) is 11.5. The number of anilines is 1. The van der Waals surface area contributed by atoms with E-state index in [4.69, 9.17) is 4.74 Å². The second-order valence-corrected chi connectivity index (χ2v) is 5.59. The molecule has 0 bridgehead atoms. The van der Waals surface area contributed by atoms with Gasteiger partial charge in [0.25, 0.3) is 5.69 Å². The number of hydrogen-bond acceptors (Lipinski definition) is 5. The van der Waals surface area contributed by atoms with Crippen molar-refractivity contribution in [2.24, 2.45) is 0 Å². The fourth-order valence-electron chi connectivity index (χ4n) is 2.55. The van der Waals surface area contributed by atoms with E-state index in [0.717, 1.165) is 17.5 Å². The minimum Gasteiger partial charge on any atom is -0.489 e. The fourth-order valence-corrected chi connectivity index (χ4v) is 2.55. The summed E-state index contributed by atoms with van der Waals surface area (Å²) in [6.45, 7) is 0.309. The van der Waals surface area contributed by atoms with Gasteiger partial charge in [0.05, 0.1) is 10.5 Å². The number of para-hydroxylation sites is 1. The van der Waals surface area contributed by atoms with Crippen LogP contribution in [0.4, 0.5) is 24.5 Å². The normalized spacial score (nSPS) is 11.4. The third-order valence-corrected chi connectivity index (χ3v) is 3.79. The van der Waals surface area contributed by atoms with Gasteiger partial charge in [-0.15, -0.1) is 0 Å². The van der Waals surface area contributed by atoms with Crippen LogP contribution in [-0.4, -0.2) is 23.1 Å². The number of pyridine rings is 1. The van der Waals surface area contributed by atoms with Crippen molar-refractivity contribution in [3.05, 3.63) is 70.4 Å². The van der Waals surface area contributed by atoms with Gasteiger partial charge in [0.15, 0.2) is 0 Å². The number of rotatable bonds is 6. The van der Waals surface area contributed by atoms with Crippen molar-refractivity contribution in [3.8, 4) is 5.75 Å². The van der Waals surface area contributed by atoms with Gasteiger partial charge in [0.2, 0.25) is 0 Å². The Morgan fingerprint density at radius 2 is 1.93 bits per heavy atom. The van der Waals surface area contributed by atoms with Crippen molar-refractivity contribution in [1.29, 1.82) is 0 Å². The number of alkyl halides is 3. The van der Waals surface area contributed by atoms with Crippen LogP contribution in [0, 0.1) is 10.1 Å². The number of nitro groups is 1.